The Labute approximate surface area is 133 Å². The van der Waals surface area contributed by atoms with Gasteiger partial charge in [-0.05, 0) is 35.4 Å². The molecular formula is C15H16N2O5S. The Morgan fingerprint density at radius 1 is 1.17 bits per heavy atom. The van der Waals surface area contributed by atoms with Crippen molar-refractivity contribution < 1.29 is 22.7 Å². The summed E-state index contributed by atoms with van der Waals surface area (Å²) in [5, 5.41) is 0. The molecule has 1 saturated carbocycles. The largest absolute Gasteiger partial charge is 0.434 e. The molecule has 122 valence electrons. The first-order valence-corrected chi connectivity index (χ1v) is 9.26. The van der Waals surface area contributed by atoms with Crippen LogP contribution in [0.15, 0.2) is 24.3 Å². The molecule has 0 spiro atoms. The number of rotatable bonds is 3. The van der Waals surface area contributed by atoms with Gasteiger partial charge >= 0.3 is 6.09 Å². The smallest absolute Gasteiger partial charge is 0.415 e. The summed E-state index contributed by atoms with van der Waals surface area (Å²) >= 11 is 0. The number of anilines is 1. The van der Waals surface area contributed by atoms with Crippen LogP contribution in [0.5, 0.6) is 0 Å². The lowest BCUT2D eigenvalue weighted by molar-refractivity contribution is -0.124. The average molecular weight is 336 g/mol. The van der Waals surface area contributed by atoms with E-state index in [0.717, 1.165) is 5.56 Å². The van der Waals surface area contributed by atoms with E-state index in [1.807, 2.05) is 12.1 Å². The van der Waals surface area contributed by atoms with Crippen molar-refractivity contribution in [3.8, 4) is 0 Å². The number of ether oxygens (including phenoxy) is 1. The Hall–Kier alpha value is -2.09. The number of nitrogens with zero attached hydrogens (tertiary/aromatic N) is 1. The molecule has 1 aromatic rings. The van der Waals surface area contributed by atoms with Gasteiger partial charge in [-0.15, -0.1) is 0 Å². The molecule has 7 nitrogen and oxygen atoms in total. The molecule has 2 N–H and O–H groups in total. The van der Waals surface area contributed by atoms with Crippen molar-refractivity contribution >= 4 is 27.5 Å². The lowest BCUT2D eigenvalue weighted by Gasteiger charge is -2.13. The number of amides is 2. The maximum atomic E-state index is 11.8. The monoisotopic (exact) mass is 336 g/mol. The highest BCUT2D eigenvalue weighted by molar-refractivity contribution is 7.91. The van der Waals surface area contributed by atoms with Crippen molar-refractivity contribution in [1.29, 1.82) is 0 Å². The second-order valence-electron chi connectivity index (χ2n) is 6.41. The van der Waals surface area contributed by atoms with E-state index in [-0.39, 0.29) is 29.9 Å². The van der Waals surface area contributed by atoms with E-state index in [4.69, 9.17) is 10.5 Å². The average Bonchev–Trinajstić information content (AvgIpc) is 2.82. The van der Waals surface area contributed by atoms with Crippen LogP contribution in [0.1, 0.15) is 11.5 Å². The number of nitrogens with two attached hydrogens (primary N) is 1. The van der Waals surface area contributed by atoms with Gasteiger partial charge in [-0.2, -0.15) is 0 Å². The number of primary amides is 1. The van der Waals surface area contributed by atoms with Gasteiger partial charge in [-0.1, -0.05) is 12.1 Å². The van der Waals surface area contributed by atoms with Crippen LogP contribution in [0.3, 0.4) is 0 Å². The number of carbonyl (C=O) groups is 2. The Kier molecular flexibility index (Phi) is 2.96. The van der Waals surface area contributed by atoms with Gasteiger partial charge in [0.15, 0.2) is 15.9 Å². The predicted molar refractivity (Wildman–Crippen MR) is 81.6 cm³/mol. The zero-order valence-electron chi connectivity index (χ0n) is 12.2. The fourth-order valence-electron chi connectivity index (χ4n) is 3.75. The van der Waals surface area contributed by atoms with E-state index in [9.17, 15) is 18.0 Å². The van der Waals surface area contributed by atoms with Gasteiger partial charge in [0.05, 0.1) is 18.1 Å². The van der Waals surface area contributed by atoms with Gasteiger partial charge in [0, 0.05) is 5.69 Å². The molecule has 8 heteroatoms. The van der Waals surface area contributed by atoms with Crippen LogP contribution in [0, 0.1) is 11.8 Å². The summed E-state index contributed by atoms with van der Waals surface area (Å²) in [6.45, 7) is 0.112. The topological polar surface area (TPSA) is 107 Å². The van der Waals surface area contributed by atoms with Crippen LogP contribution in [0.2, 0.25) is 0 Å². The highest BCUT2D eigenvalue weighted by atomic mass is 32.2. The van der Waals surface area contributed by atoms with Crippen LogP contribution in [-0.2, 0) is 19.4 Å². The Balaban J connectivity index is 1.48. The molecule has 4 atom stereocenters. The second-order valence-corrected chi connectivity index (χ2v) is 8.56. The summed E-state index contributed by atoms with van der Waals surface area (Å²) < 4.78 is 27.9. The molecular weight excluding hydrogens is 320 g/mol. The summed E-state index contributed by atoms with van der Waals surface area (Å²) in [5.74, 6) is 0.677. The van der Waals surface area contributed by atoms with Crippen molar-refractivity contribution in [3.63, 3.8) is 0 Å². The molecule has 0 aromatic heterocycles. The number of cyclic esters (lactones) is 1. The van der Waals surface area contributed by atoms with Gasteiger partial charge in [0.2, 0.25) is 0 Å². The van der Waals surface area contributed by atoms with Gasteiger partial charge in [-0.3, -0.25) is 9.69 Å². The fourth-order valence-corrected chi connectivity index (χ4v) is 5.96. The van der Waals surface area contributed by atoms with E-state index in [2.05, 4.69) is 0 Å². The third-order valence-corrected chi connectivity index (χ3v) is 6.73. The number of carbonyl (C=O) groups excluding carboxylic acids is 2. The van der Waals surface area contributed by atoms with Crippen molar-refractivity contribution in [2.24, 2.45) is 17.6 Å². The van der Waals surface area contributed by atoms with Crippen LogP contribution >= 0.6 is 0 Å². The molecule has 1 aromatic carbocycles. The zero-order valence-corrected chi connectivity index (χ0v) is 13.0. The predicted octanol–water partition coefficient (Wildman–Crippen LogP) is 0.255. The first kappa shape index (κ1) is 14.5. The van der Waals surface area contributed by atoms with Gasteiger partial charge < -0.3 is 10.5 Å². The van der Waals surface area contributed by atoms with Crippen LogP contribution < -0.4 is 10.6 Å². The van der Waals surface area contributed by atoms with Crippen molar-refractivity contribution in [2.45, 2.75) is 12.0 Å². The molecule has 0 bridgehead atoms. The first-order valence-electron chi connectivity index (χ1n) is 7.43. The summed E-state index contributed by atoms with van der Waals surface area (Å²) in [5.41, 5.74) is 6.89. The quantitative estimate of drug-likeness (QED) is 0.852. The van der Waals surface area contributed by atoms with Crippen LogP contribution in [0.4, 0.5) is 10.5 Å². The maximum Gasteiger partial charge on any atom is 0.415 e. The number of hydrogen-bond donors (Lipinski definition) is 1. The maximum absolute atomic E-state index is 11.8. The molecule has 4 rings (SSSR count). The number of benzene rings is 1. The molecule has 2 heterocycles. The summed E-state index contributed by atoms with van der Waals surface area (Å²) in [7, 11) is -2.84. The summed E-state index contributed by atoms with van der Waals surface area (Å²) in [6.07, 6.45) is -1.51. The molecule has 23 heavy (non-hydrogen) atoms. The molecule has 0 radical (unpaired) electrons. The van der Waals surface area contributed by atoms with Gasteiger partial charge in [0.25, 0.3) is 5.91 Å². The Morgan fingerprint density at radius 2 is 1.78 bits per heavy atom. The van der Waals surface area contributed by atoms with Crippen LogP contribution in [0.25, 0.3) is 0 Å². The van der Waals surface area contributed by atoms with Crippen LogP contribution in [-0.4, -0.2) is 44.6 Å². The molecule has 3 aliphatic rings. The van der Waals surface area contributed by atoms with E-state index < -0.39 is 27.9 Å². The molecule has 2 amide bonds. The van der Waals surface area contributed by atoms with Gasteiger partial charge in [-0.25, -0.2) is 13.2 Å². The lowest BCUT2D eigenvalue weighted by Crippen LogP contribution is -2.32. The third kappa shape index (κ3) is 2.37. The third-order valence-electron chi connectivity index (χ3n) is 4.94. The van der Waals surface area contributed by atoms with E-state index in [1.54, 1.807) is 12.1 Å². The van der Waals surface area contributed by atoms with Crippen molar-refractivity contribution in [3.05, 3.63) is 29.8 Å². The standard InChI is InChI=1S/C15H16N2O5S/c16-14(18)12-5-17(15(19)22-12)9-3-1-8(2-4-9)13-10-6-23(20,21)7-11(10)13/h1-4,10-13H,5-7H2,(H2,16,18)/t10-,11+,12-,13?/m1/s1. The second kappa shape index (κ2) is 4.70. The highest BCUT2D eigenvalue weighted by Gasteiger charge is 2.58. The van der Waals surface area contributed by atoms with E-state index >= 15 is 0 Å². The molecule has 2 aliphatic heterocycles. The van der Waals surface area contributed by atoms with E-state index in [0.29, 0.717) is 11.6 Å². The number of sulfone groups is 1. The Bertz CT molecular complexity index is 771. The molecule has 2 saturated heterocycles. The Morgan fingerprint density at radius 3 is 2.30 bits per heavy atom. The highest BCUT2D eigenvalue weighted by Crippen LogP contribution is 2.59. The zero-order chi connectivity index (χ0) is 16.4. The number of fused-ring (bicyclic) bond motifs is 1. The SMILES string of the molecule is NC(=O)[C@H]1CN(c2ccc(C3[C@H]4CS(=O)(=O)C[C@@H]34)cc2)C(=O)O1. The first-order chi connectivity index (χ1) is 10.9. The minimum absolute atomic E-state index is 0.112. The minimum Gasteiger partial charge on any atom is -0.434 e. The normalized spacial score (nSPS) is 34.1. The van der Waals surface area contributed by atoms with Crippen molar-refractivity contribution in [2.75, 3.05) is 23.0 Å². The van der Waals surface area contributed by atoms with Gasteiger partial charge in [0.1, 0.15) is 0 Å². The molecule has 1 aliphatic carbocycles. The molecule has 1 unspecified atom stereocenters. The fraction of sp³-hybridized carbons (Fsp3) is 0.467. The lowest BCUT2D eigenvalue weighted by atomic mass is 10.1. The summed E-state index contributed by atoms with van der Waals surface area (Å²) in [4.78, 5) is 24.3. The summed E-state index contributed by atoms with van der Waals surface area (Å²) in [6, 6.07) is 7.41. The minimum atomic E-state index is -2.84. The van der Waals surface area contributed by atoms with Crippen molar-refractivity contribution in [1.82, 2.24) is 0 Å². The molecule has 3 fully saturated rings. The van der Waals surface area contributed by atoms with E-state index in [1.165, 1.54) is 4.90 Å². The number of hydrogen-bond acceptors (Lipinski definition) is 5.